The lowest BCUT2D eigenvalue weighted by molar-refractivity contribution is 0.0252. The molecule has 2 aliphatic rings. The topological polar surface area (TPSA) is 59.5 Å². The average molecular weight is 398 g/mol. The number of benzene rings is 2. The van der Waals surface area contributed by atoms with E-state index in [0.717, 1.165) is 29.5 Å². The van der Waals surface area contributed by atoms with Crippen molar-refractivity contribution in [2.45, 2.75) is 38.0 Å². The number of ether oxygens (including phenoxy) is 1. The highest BCUT2D eigenvalue weighted by Gasteiger charge is 2.34. The molecule has 0 bridgehead atoms. The molecular weight excluding hydrogens is 376 g/mol. The number of carbonyl (C=O) groups is 2. The summed E-state index contributed by atoms with van der Waals surface area (Å²) in [5.74, 6) is -0.335. The zero-order valence-corrected chi connectivity index (χ0v) is 16.5. The van der Waals surface area contributed by atoms with Gasteiger partial charge in [0.2, 0.25) is 0 Å². The molecule has 5 heteroatoms. The number of pyridine rings is 1. The van der Waals surface area contributed by atoms with Crippen LogP contribution in [0.5, 0.6) is 0 Å². The Kier molecular flexibility index (Phi) is 4.79. The highest BCUT2D eigenvalue weighted by Crippen LogP contribution is 2.33. The second-order valence-electron chi connectivity index (χ2n) is 7.91. The maximum Gasteiger partial charge on any atom is 0.339 e. The van der Waals surface area contributed by atoms with Crippen LogP contribution in [0.25, 0.3) is 0 Å². The molecule has 5 nitrogen and oxygen atoms in total. The third kappa shape index (κ3) is 3.71. The Morgan fingerprint density at radius 1 is 1.07 bits per heavy atom. The Morgan fingerprint density at radius 3 is 2.63 bits per heavy atom. The molecule has 1 unspecified atom stereocenters. The normalized spacial score (nSPS) is 17.7. The Labute approximate surface area is 175 Å². The third-order valence-corrected chi connectivity index (χ3v) is 5.72. The Morgan fingerprint density at radius 2 is 1.90 bits per heavy atom. The van der Waals surface area contributed by atoms with Crippen molar-refractivity contribution in [3.8, 4) is 0 Å². The van der Waals surface area contributed by atoms with Gasteiger partial charge in [-0.25, -0.2) is 4.79 Å². The number of rotatable bonds is 5. The van der Waals surface area contributed by atoms with Gasteiger partial charge in [0.1, 0.15) is 6.10 Å². The van der Waals surface area contributed by atoms with Crippen LogP contribution >= 0.6 is 0 Å². The van der Waals surface area contributed by atoms with Gasteiger partial charge in [-0.3, -0.25) is 9.78 Å². The zero-order chi connectivity index (χ0) is 20.5. The largest absolute Gasteiger partial charge is 0.454 e. The number of carbonyl (C=O) groups excluding carboxylic acids is 2. The minimum atomic E-state index is -0.335. The fraction of sp³-hybridized carbons (Fsp3) is 0.240. The van der Waals surface area contributed by atoms with E-state index in [9.17, 15) is 9.59 Å². The summed E-state index contributed by atoms with van der Waals surface area (Å²) in [6.45, 7) is 0.545. The highest BCUT2D eigenvalue weighted by atomic mass is 16.5. The first-order valence-electron chi connectivity index (χ1n) is 10.3. The van der Waals surface area contributed by atoms with Crippen LogP contribution in [0.1, 0.15) is 56.4 Å². The van der Waals surface area contributed by atoms with E-state index in [4.69, 9.17) is 4.74 Å². The van der Waals surface area contributed by atoms with Gasteiger partial charge in [0.05, 0.1) is 5.56 Å². The summed E-state index contributed by atoms with van der Waals surface area (Å²) in [4.78, 5) is 31.9. The smallest absolute Gasteiger partial charge is 0.339 e. The molecule has 0 spiro atoms. The number of fused-ring (bicyclic) bond motifs is 1. The van der Waals surface area contributed by atoms with Crippen LogP contribution in [0.2, 0.25) is 0 Å². The fourth-order valence-corrected chi connectivity index (χ4v) is 3.99. The van der Waals surface area contributed by atoms with Crippen LogP contribution in [0.15, 0.2) is 73.1 Å². The van der Waals surface area contributed by atoms with Crippen LogP contribution in [-0.4, -0.2) is 27.8 Å². The molecule has 1 amide bonds. The van der Waals surface area contributed by atoms with Gasteiger partial charge in [-0.1, -0.05) is 36.4 Å². The lowest BCUT2D eigenvalue weighted by Gasteiger charge is -2.26. The van der Waals surface area contributed by atoms with Crippen molar-refractivity contribution in [1.29, 1.82) is 0 Å². The first-order chi connectivity index (χ1) is 14.7. The van der Waals surface area contributed by atoms with Crippen molar-refractivity contribution < 1.29 is 14.3 Å². The van der Waals surface area contributed by atoms with Gasteiger partial charge in [-0.15, -0.1) is 0 Å². The van der Waals surface area contributed by atoms with E-state index in [1.165, 1.54) is 0 Å². The van der Waals surface area contributed by atoms with Gasteiger partial charge in [-0.05, 0) is 53.8 Å². The second kappa shape index (κ2) is 7.75. The summed E-state index contributed by atoms with van der Waals surface area (Å²) in [7, 11) is 0. The number of amides is 1. The minimum Gasteiger partial charge on any atom is -0.454 e. The van der Waals surface area contributed by atoms with E-state index >= 15 is 0 Å². The van der Waals surface area contributed by atoms with Crippen molar-refractivity contribution in [1.82, 2.24) is 9.88 Å². The molecule has 0 radical (unpaired) electrons. The number of hydrogen-bond acceptors (Lipinski definition) is 4. The van der Waals surface area contributed by atoms with Crippen LogP contribution < -0.4 is 0 Å². The maximum absolute atomic E-state index is 13.3. The predicted molar refractivity (Wildman–Crippen MR) is 112 cm³/mol. The summed E-state index contributed by atoms with van der Waals surface area (Å²) in [5.41, 5.74) is 4.01. The minimum absolute atomic E-state index is 0.000597. The van der Waals surface area contributed by atoms with Crippen molar-refractivity contribution in [2.75, 3.05) is 0 Å². The highest BCUT2D eigenvalue weighted by molar-refractivity contribution is 5.98. The van der Waals surface area contributed by atoms with E-state index in [1.807, 2.05) is 53.4 Å². The van der Waals surface area contributed by atoms with E-state index < -0.39 is 0 Å². The SMILES string of the molecule is O=C1OC(c2ccccc2)Cc2cc(C(=O)N(Cc3cccnc3)C3CC3)ccc21. The van der Waals surface area contributed by atoms with Crippen molar-refractivity contribution >= 4 is 11.9 Å². The average Bonchev–Trinajstić information content (AvgIpc) is 3.63. The van der Waals surface area contributed by atoms with Crippen LogP contribution in [0, 0.1) is 0 Å². The van der Waals surface area contributed by atoms with Crippen LogP contribution in [0.3, 0.4) is 0 Å². The molecule has 2 aromatic carbocycles. The molecule has 3 aromatic rings. The molecule has 1 atom stereocenters. The number of hydrogen-bond donors (Lipinski definition) is 0. The summed E-state index contributed by atoms with van der Waals surface area (Å²) < 4.78 is 5.63. The summed E-state index contributed by atoms with van der Waals surface area (Å²) in [6, 6.07) is 19.2. The molecular formula is C25H22N2O3. The molecule has 1 aliphatic carbocycles. The lowest BCUT2D eigenvalue weighted by atomic mass is 9.93. The number of cyclic esters (lactones) is 1. The van der Waals surface area contributed by atoms with Crippen LogP contribution in [0.4, 0.5) is 0 Å². The quantitative estimate of drug-likeness (QED) is 0.600. The van der Waals surface area contributed by atoms with Crippen molar-refractivity contribution in [2.24, 2.45) is 0 Å². The molecule has 30 heavy (non-hydrogen) atoms. The van der Waals surface area contributed by atoms with Gasteiger partial charge >= 0.3 is 5.97 Å². The molecule has 0 saturated heterocycles. The number of nitrogens with zero attached hydrogens (tertiary/aromatic N) is 2. The van der Waals surface area contributed by atoms with Gasteiger partial charge in [0.15, 0.2) is 0 Å². The fourth-order valence-electron chi connectivity index (χ4n) is 3.99. The molecule has 1 aliphatic heterocycles. The van der Waals surface area contributed by atoms with Crippen molar-refractivity contribution in [3.63, 3.8) is 0 Å². The summed E-state index contributed by atoms with van der Waals surface area (Å²) in [6.07, 6.45) is 5.83. The van der Waals surface area contributed by atoms with E-state index in [0.29, 0.717) is 24.1 Å². The molecule has 1 aromatic heterocycles. The zero-order valence-electron chi connectivity index (χ0n) is 16.5. The summed E-state index contributed by atoms with van der Waals surface area (Å²) >= 11 is 0. The Balaban J connectivity index is 1.41. The third-order valence-electron chi connectivity index (χ3n) is 5.72. The van der Waals surface area contributed by atoms with E-state index in [1.54, 1.807) is 24.5 Å². The van der Waals surface area contributed by atoms with Gasteiger partial charge in [-0.2, -0.15) is 0 Å². The van der Waals surface area contributed by atoms with Crippen LogP contribution in [-0.2, 0) is 17.7 Å². The van der Waals surface area contributed by atoms with E-state index in [2.05, 4.69) is 4.98 Å². The number of esters is 1. The molecule has 1 saturated carbocycles. The molecule has 2 heterocycles. The molecule has 5 rings (SSSR count). The Hall–Kier alpha value is -3.47. The first-order valence-corrected chi connectivity index (χ1v) is 10.3. The van der Waals surface area contributed by atoms with Crippen molar-refractivity contribution in [3.05, 3.63) is 101 Å². The molecule has 150 valence electrons. The second-order valence-corrected chi connectivity index (χ2v) is 7.91. The lowest BCUT2D eigenvalue weighted by Crippen LogP contribution is -2.33. The molecule has 1 fully saturated rings. The van der Waals surface area contributed by atoms with Gasteiger partial charge in [0.25, 0.3) is 5.91 Å². The first kappa shape index (κ1) is 18.6. The standard InChI is InChI=1S/C25H22N2O3/c28-24(27(21-9-10-21)16-17-5-4-12-26-15-17)19-8-11-22-20(13-19)14-23(30-25(22)29)18-6-2-1-3-7-18/h1-8,11-13,15,21,23H,9-10,14,16H2. The summed E-state index contributed by atoms with van der Waals surface area (Å²) in [5, 5.41) is 0. The number of aromatic nitrogens is 1. The van der Waals surface area contributed by atoms with Gasteiger partial charge in [0, 0.05) is 37.0 Å². The Bertz CT molecular complexity index is 1080. The van der Waals surface area contributed by atoms with Gasteiger partial charge < -0.3 is 9.64 Å². The maximum atomic E-state index is 13.3. The monoisotopic (exact) mass is 398 g/mol. The predicted octanol–water partition coefficient (Wildman–Crippen LogP) is 4.34. The van der Waals surface area contributed by atoms with E-state index in [-0.39, 0.29) is 24.0 Å². The molecule has 0 N–H and O–H groups in total.